The Labute approximate surface area is 361 Å². The second kappa shape index (κ2) is 15.5. The molecule has 5 amide bonds. The molecule has 330 valence electrons. The van der Waals surface area contributed by atoms with Gasteiger partial charge in [-0.05, 0) is 119 Å². The highest BCUT2D eigenvalue weighted by Gasteiger charge is 2.49. The number of ether oxygens (including phenoxy) is 1. The number of anilines is 1. The fourth-order valence-corrected chi connectivity index (χ4v) is 11.9. The van der Waals surface area contributed by atoms with E-state index in [1.54, 1.807) is 30.9 Å². The summed E-state index contributed by atoms with van der Waals surface area (Å²) in [4.78, 5) is 86.2. The van der Waals surface area contributed by atoms with Gasteiger partial charge in [0.2, 0.25) is 16.9 Å². The first-order chi connectivity index (χ1) is 29.9. The topological polar surface area (TPSA) is 172 Å². The molecular weight excluding hydrogens is 847 g/mol. The van der Waals surface area contributed by atoms with Crippen LogP contribution in [0.4, 0.5) is 23.2 Å². The maximum Gasteiger partial charge on any atom is 0.417 e. The van der Waals surface area contributed by atoms with Crippen molar-refractivity contribution < 1.29 is 51.1 Å². The number of nitriles is 1. The monoisotopic (exact) mass is 889 g/mol. The molecule has 3 atom stereocenters. The molecular formula is C44H43F4N7O7S. The van der Waals surface area contributed by atoms with Crippen LogP contribution in [0.25, 0.3) is 0 Å². The molecule has 3 aromatic rings. The van der Waals surface area contributed by atoms with Crippen molar-refractivity contribution in [3.05, 3.63) is 87.7 Å². The van der Waals surface area contributed by atoms with Crippen LogP contribution in [-0.4, -0.2) is 100 Å². The van der Waals surface area contributed by atoms with Crippen LogP contribution in [0.5, 0.6) is 5.75 Å². The standard InChI is InChI=1S/C44H43F4N7O7S/c1-42(2)41(61)63(28-5-3-25(20-49)32(17-28)44(46,47)48)51-55(42)27-4-6-29(33(45)16-27)38(58)53-12-9-24(22-53)21-52-13-10-43(11-14-52)19-26-15-30-31(18-35(26)62-23-43)40(60)54(39(30)59)34-7-8-36(56)50-37(34)57/h3-6,15-18,24,34,51,63H,7-14,19,21-23H2,1-2H3,(H,50,56,57)/t24-,34?/m0/s1. The Morgan fingerprint density at radius 2 is 1.70 bits per heavy atom. The number of nitrogens with one attached hydrogen (secondary N) is 2. The first-order valence-electron chi connectivity index (χ1n) is 20.7. The average molecular weight is 890 g/mol. The first kappa shape index (κ1) is 42.5. The summed E-state index contributed by atoms with van der Waals surface area (Å²) in [7, 11) is 0. The fraction of sp³-hybridized carbons (Fsp3) is 0.432. The normalized spacial score (nSPS) is 24.9. The van der Waals surface area contributed by atoms with Gasteiger partial charge in [0, 0.05) is 36.4 Å². The zero-order valence-corrected chi connectivity index (χ0v) is 35.2. The molecule has 4 saturated heterocycles. The Hall–Kier alpha value is -5.84. The van der Waals surface area contributed by atoms with Crippen molar-refractivity contribution in [3.8, 4) is 11.8 Å². The summed E-state index contributed by atoms with van der Waals surface area (Å²) >= 11 is -2.03. The molecule has 6 aliphatic rings. The maximum absolute atomic E-state index is 15.8. The Morgan fingerprint density at radius 1 is 0.968 bits per heavy atom. The van der Waals surface area contributed by atoms with Gasteiger partial charge >= 0.3 is 6.18 Å². The van der Waals surface area contributed by atoms with Crippen molar-refractivity contribution in [1.29, 1.82) is 5.26 Å². The van der Waals surface area contributed by atoms with Gasteiger partial charge in [-0.2, -0.15) is 23.3 Å². The van der Waals surface area contributed by atoms with Crippen molar-refractivity contribution in [2.24, 2.45) is 11.3 Å². The van der Waals surface area contributed by atoms with Crippen LogP contribution in [0.2, 0.25) is 0 Å². The van der Waals surface area contributed by atoms with Gasteiger partial charge in [0.1, 0.15) is 23.1 Å². The highest BCUT2D eigenvalue weighted by Crippen LogP contribution is 2.49. The van der Waals surface area contributed by atoms with E-state index in [1.165, 1.54) is 29.3 Å². The quantitative estimate of drug-likeness (QED) is 0.175. The lowest BCUT2D eigenvalue weighted by Gasteiger charge is -2.44. The van der Waals surface area contributed by atoms with E-state index in [9.17, 15) is 47.2 Å². The molecule has 1 spiro atoms. The number of hydrazine groups is 1. The van der Waals surface area contributed by atoms with Crippen molar-refractivity contribution in [2.45, 2.75) is 75.0 Å². The number of carbonyl (C=O) groups is 6. The van der Waals surface area contributed by atoms with Crippen LogP contribution in [-0.2, 0) is 27.0 Å². The molecule has 3 aromatic carbocycles. The Balaban J connectivity index is 0.799. The molecule has 0 aromatic heterocycles. The van der Waals surface area contributed by atoms with Gasteiger partial charge in [-0.15, -0.1) is 0 Å². The summed E-state index contributed by atoms with van der Waals surface area (Å²) in [5.41, 5.74) is -1.84. The van der Waals surface area contributed by atoms with E-state index in [4.69, 9.17) is 4.74 Å². The number of alkyl halides is 3. The predicted octanol–water partition coefficient (Wildman–Crippen LogP) is 4.90. The molecule has 9 rings (SSSR count). The summed E-state index contributed by atoms with van der Waals surface area (Å²) in [5.74, 6) is -2.80. The van der Waals surface area contributed by atoms with Crippen LogP contribution < -0.4 is 19.9 Å². The second-order valence-electron chi connectivity index (χ2n) is 17.8. The van der Waals surface area contributed by atoms with E-state index >= 15 is 4.39 Å². The number of hydrogen-bond acceptors (Lipinski definition) is 11. The summed E-state index contributed by atoms with van der Waals surface area (Å²) in [6.07, 6.45) is -1.66. The van der Waals surface area contributed by atoms with Crippen LogP contribution in [0.1, 0.15) is 93.7 Å². The van der Waals surface area contributed by atoms with E-state index < -0.39 is 80.4 Å². The van der Waals surface area contributed by atoms with Crippen molar-refractivity contribution >= 4 is 51.4 Å². The third-order valence-corrected chi connectivity index (χ3v) is 15.5. The molecule has 4 fully saturated rings. The highest BCUT2D eigenvalue weighted by atomic mass is 32.2. The summed E-state index contributed by atoms with van der Waals surface area (Å²) in [6, 6.07) is 10.9. The number of likely N-dealkylation sites (tertiary alicyclic amines) is 2. The molecule has 19 heteroatoms. The third-order valence-electron chi connectivity index (χ3n) is 13.3. The van der Waals surface area contributed by atoms with Gasteiger partial charge in [0.15, 0.2) is 0 Å². The number of hydrogen-bond donors (Lipinski definition) is 3. The van der Waals surface area contributed by atoms with Gasteiger partial charge in [-0.25, -0.2) is 4.39 Å². The van der Waals surface area contributed by atoms with Gasteiger partial charge in [0.25, 0.3) is 17.7 Å². The van der Waals surface area contributed by atoms with Crippen molar-refractivity contribution in [3.63, 3.8) is 0 Å². The van der Waals surface area contributed by atoms with E-state index in [2.05, 4.69) is 15.0 Å². The lowest BCUT2D eigenvalue weighted by molar-refractivity contribution is -0.138. The first-order valence-corrected chi connectivity index (χ1v) is 22.1. The van der Waals surface area contributed by atoms with Crippen LogP contribution in [0.15, 0.2) is 53.4 Å². The van der Waals surface area contributed by atoms with Crippen LogP contribution in [0, 0.1) is 28.5 Å². The van der Waals surface area contributed by atoms with Gasteiger partial charge in [0.05, 0.1) is 46.2 Å². The molecule has 14 nitrogen and oxygen atoms in total. The summed E-state index contributed by atoms with van der Waals surface area (Å²) < 4.78 is 63.2. The number of nitrogens with zero attached hydrogens (tertiary/aromatic N) is 5. The number of benzene rings is 3. The molecule has 2 unspecified atom stereocenters. The molecule has 2 N–H and O–H groups in total. The molecule has 6 heterocycles. The number of carbonyl (C=O) groups excluding carboxylic acids is 6. The minimum atomic E-state index is -4.81. The lowest BCUT2D eigenvalue weighted by atomic mass is 9.72. The summed E-state index contributed by atoms with van der Waals surface area (Å²) in [5, 5.41) is 12.4. The minimum absolute atomic E-state index is 0.0364. The molecule has 0 radical (unpaired) electrons. The SMILES string of the molecule is CC1(C)C(=O)[SH](c2ccc(C#N)c(C(F)(F)F)c2)NN1c1ccc(C(=O)N2CC[C@@H](CN3CCC4(CC3)COc3cc5c(cc3C4)C(=O)N(C3CCC(=O)NC3=O)C5=O)C2)c(F)c1. The average Bonchev–Trinajstić information content (AvgIpc) is 3.88. The van der Waals surface area contributed by atoms with Crippen LogP contribution >= 0.6 is 11.1 Å². The maximum atomic E-state index is 15.8. The molecule has 0 aliphatic carbocycles. The smallest absolute Gasteiger partial charge is 0.417 e. The number of piperidine rings is 2. The van der Waals surface area contributed by atoms with Gasteiger partial charge < -0.3 is 14.5 Å². The van der Waals surface area contributed by atoms with Gasteiger partial charge in [-0.3, -0.25) is 44.0 Å². The van der Waals surface area contributed by atoms with Crippen LogP contribution in [0.3, 0.4) is 0 Å². The molecule has 63 heavy (non-hydrogen) atoms. The number of imide groups is 2. The zero-order valence-electron chi connectivity index (χ0n) is 34.3. The fourth-order valence-electron chi connectivity index (χ4n) is 9.75. The van der Waals surface area contributed by atoms with E-state index in [0.717, 1.165) is 67.6 Å². The van der Waals surface area contributed by atoms with Crippen molar-refractivity contribution in [2.75, 3.05) is 44.3 Å². The van der Waals surface area contributed by atoms with E-state index in [-0.39, 0.29) is 51.4 Å². The molecule has 6 aliphatic heterocycles. The largest absolute Gasteiger partial charge is 0.493 e. The number of amides is 5. The third kappa shape index (κ3) is 7.40. The lowest BCUT2D eigenvalue weighted by Crippen LogP contribution is -2.54. The Morgan fingerprint density at radius 3 is 2.38 bits per heavy atom. The molecule has 0 saturated carbocycles. The number of thiol groups is 1. The van der Waals surface area contributed by atoms with E-state index in [1.807, 2.05) is 0 Å². The van der Waals surface area contributed by atoms with Gasteiger partial charge in [-0.1, -0.05) is 11.1 Å². The predicted molar refractivity (Wildman–Crippen MR) is 219 cm³/mol. The zero-order chi connectivity index (χ0) is 44.7. The number of rotatable bonds is 6. The second-order valence-corrected chi connectivity index (χ2v) is 19.6. The number of halogens is 4. The van der Waals surface area contributed by atoms with E-state index in [0.29, 0.717) is 31.9 Å². The Bertz CT molecular complexity index is 2550. The molecule has 0 bridgehead atoms. The minimum Gasteiger partial charge on any atom is -0.493 e. The highest BCUT2D eigenvalue weighted by molar-refractivity contribution is 8.28. The summed E-state index contributed by atoms with van der Waals surface area (Å²) in [6.45, 7) is 6.80. The Kier molecular flexibility index (Phi) is 10.4. The number of fused-ring (bicyclic) bond motifs is 2. The van der Waals surface area contributed by atoms with Crippen molar-refractivity contribution in [1.82, 2.24) is 24.8 Å².